The quantitative estimate of drug-likeness (QED) is 0.879. The molecule has 2 amide bonds. The van der Waals surface area contributed by atoms with Crippen LogP contribution in [0.25, 0.3) is 0 Å². The summed E-state index contributed by atoms with van der Waals surface area (Å²) >= 11 is 0. The van der Waals surface area contributed by atoms with Crippen LogP contribution in [0.4, 0.5) is 4.39 Å². The second-order valence-corrected chi connectivity index (χ2v) is 6.34. The molecule has 2 aromatic rings. The van der Waals surface area contributed by atoms with Crippen LogP contribution in [0.15, 0.2) is 48.5 Å². The van der Waals surface area contributed by atoms with E-state index in [2.05, 4.69) is 5.32 Å². The SMILES string of the molecule is Cc1ccccc1C(=O)NCC(=O)N(Cc1ccccc1F)C1CC1. The predicted molar refractivity (Wildman–Crippen MR) is 93.5 cm³/mol. The van der Waals surface area contributed by atoms with Crippen molar-refractivity contribution in [1.82, 2.24) is 10.2 Å². The van der Waals surface area contributed by atoms with Crippen LogP contribution in [-0.2, 0) is 11.3 Å². The molecule has 0 aromatic heterocycles. The Kier molecular flexibility index (Phi) is 5.12. The van der Waals surface area contributed by atoms with Crippen LogP contribution in [0.3, 0.4) is 0 Å². The lowest BCUT2D eigenvalue weighted by Gasteiger charge is -2.23. The van der Waals surface area contributed by atoms with E-state index in [9.17, 15) is 14.0 Å². The van der Waals surface area contributed by atoms with Gasteiger partial charge in [-0.25, -0.2) is 4.39 Å². The first-order valence-corrected chi connectivity index (χ1v) is 8.43. The second-order valence-electron chi connectivity index (χ2n) is 6.34. The highest BCUT2D eigenvalue weighted by Gasteiger charge is 2.33. The van der Waals surface area contributed by atoms with Crippen molar-refractivity contribution in [2.75, 3.05) is 6.54 Å². The number of nitrogens with zero attached hydrogens (tertiary/aromatic N) is 1. The zero-order valence-corrected chi connectivity index (χ0v) is 14.2. The van der Waals surface area contributed by atoms with E-state index in [0.717, 1.165) is 18.4 Å². The molecule has 0 radical (unpaired) electrons. The average Bonchev–Trinajstić information content (AvgIpc) is 3.44. The molecule has 130 valence electrons. The van der Waals surface area contributed by atoms with E-state index in [-0.39, 0.29) is 36.8 Å². The fourth-order valence-electron chi connectivity index (χ4n) is 2.80. The highest BCUT2D eigenvalue weighted by Crippen LogP contribution is 2.28. The molecule has 0 aliphatic heterocycles. The van der Waals surface area contributed by atoms with Crippen molar-refractivity contribution in [2.24, 2.45) is 0 Å². The first kappa shape index (κ1) is 17.1. The lowest BCUT2D eigenvalue weighted by Crippen LogP contribution is -2.41. The Bertz CT molecular complexity index is 787. The van der Waals surface area contributed by atoms with Crippen molar-refractivity contribution >= 4 is 11.8 Å². The van der Waals surface area contributed by atoms with Gasteiger partial charge in [0.2, 0.25) is 5.91 Å². The number of aryl methyl sites for hydroxylation is 1. The summed E-state index contributed by atoms with van der Waals surface area (Å²) in [6.07, 6.45) is 1.85. The van der Waals surface area contributed by atoms with Crippen molar-refractivity contribution in [3.05, 3.63) is 71.0 Å². The zero-order valence-electron chi connectivity index (χ0n) is 14.2. The average molecular weight is 340 g/mol. The van der Waals surface area contributed by atoms with Gasteiger partial charge in [0, 0.05) is 23.7 Å². The maximum absolute atomic E-state index is 13.9. The van der Waals surface area contributed by atoms with Crippen LogP contribution in [0.5, 0.6) is 0 Å². The molecular formula is C20H21FN2O2. The monoisotopic (exact) mass is 340 g/mol. The molecule has 0 bridgehead atoms. The molecule has 1 aliphatic rings. The lowest BCUT2D eigenvalue weighted by atomic mass is 10.1. The van der Waals surface area contributed by atoms with E-state index in [1.54, 1.807) is 35.2 Å². The largest absolute Gasteiger partial charge is 0.343 e. The number of halogens is 1. The summed E-state index contributed by atoms with van der Waals surface area (Å²) in [6, 6.07) is 13.8. The molecule has 1 aliphatic carbocycles. The number of carbonyl (C=O) groups is 2. The van der Waals surface area contributed by atoms with Gasteiger partial charge in [-0.1, -0.05) is 36.4 Å². The normalized spacial score (nSPS) is 13.4. The van der Waals surface area contributed by atoms with E-state index < -0.39 is 0 Å². The molecule has 2 aromatic carbocycles. The molecule has 25 heavy (non-hydrogen) atoms. The zero-order chi connectivity index (χ0) is 17.8. The highest BCUT2D eigenvalue weighted by molar-refractivity contribution is 5.97. The summed E-state index contributed by atoms with van der Waals surface area (Å²) in [5, 5.41) is 2.68. The predicted octanol–water partition coefficient (Wildman–Crippen LogP) is 3.06. The number of hydrogen-bond donors (Lipinski definition) is 1. The van der Waals surface area contributed by atoms with Crippen molar-refractivity contribution in [2.45, 2.75) is 32.4 Å². The van der Waals surface area contributed by atoms with Gasteiger partial charge in [0.05, 0.1) is 6.54 Å². The molecule has 0 unspecified atom stereocenters. The number of amides is 2. The van der Waals surface area contributed by atoms with Gasteiger partial charge in [-0.15, -0.1) is 0 Å². The first-order chi connectivity index (χ1) is 12.1. The minimum absolute atomic E-state index is 0.0852. The van der Waals surface area contributed by atoms with Gasteiger partial charge < -0.3 is 10.2 Å². The Morgan fingerprint density at radius 3 is 2.48 bits per heavy atom. The van der Waals surface area contributed by atoms with E-state index in [4.69, 9.17) is 0 Å². The fourth-order valence-corrected chi connectivity index (χ4v) is 2.80. The van der Waals surface area contributed by atoms with Gasteiger partial charge in [0.1, 0.15) is 5.82 Å². The van der Waals surface area contributed by atoms with E-state index >= 15 is 0 Å². The van der Waals surface area contributed by atoms with Crippen LogP contribution in [-0.4, -0.2) is 29.3 Å². The molecule has 0 spiro atoms. The van der Waals surface area contributed by atoms with Crippen molar-refractivity contribution in [3.63, 3.8) is 0 Å². The number of benzene rings is 2. The van der Waals surface area contributed by atoms with E-state index in [1.165, 1.54) is 6.07 Å². The molecule has 1 N–H and O–H groups in total. The highest BCUT2D eigenvalue weighted by atomic mass is 19.1. The minimum Gasteiger partial charge on any atom is -0.343 e. The molecular weight excluding hydrogens is 319 g/mol. The molecule has 0 atom stereocenters. The summed E-state index contributed by atoms with van der Waals surface area (Å²) in [5.74, 6) is -0.773. The molecule has 5 heteroatoms. The summed E-state index contributed by atoms with van der Waals surface area (Å²) in [6.45, 7) is 2.00. The second kappa shape index (κ2) is 7.47. The van der Waals surface area contributed by atoms with Gasteiger partial charge in [-0.2, -0.15) is 0 Å². The maximum Gasteiger partial charge on any atom is 0.251 e. The van der Waals surface area contributed by atoms with Crippen LogP contribution >= 0.6 is 0 Å². The van der Waals surface area contributed by atoms with Crippen LogP contribution in [0, 0.1) is 12.7 Å². The molecule has 1 fully saturated rings. The number of carbonyl (C=O) groups excluding carboxylic acids is 2. The Balaban J connectivity index is 1.63. The standard InChI is InChI=1S/C20H21FN2O2/c1-14-6-2-4-8-17(14)20(25)22-12-19(24)23(16-10-11-16)13-15-7-3-5-9-18(15)21/h2-9,16H,10-13H2,1H3,(H,22,25). The third kappa shape index (κ3) is 4.24. The van der Waals surface area contributed by atoms with Crippen LogP contribution in [0.1, 0.15) is 34.3 Å². The summed E-state index contributed by atoms with van der Waals surface area (Å²) in [4.78, 5) is 26.5. The fraction of sp³-hybridized carbons (Fsp3) is 0.300. The minimum atomic E-state index is -0.315. The third-order valence-corrected chi connectivity index (χ3v) is 4.40. The maximum atomic E-state index is 13.9. The topological polar surface area (TPSA) is 49.4 Å². The number of rotatable bonds is 6. The van der Waals surface area contributed by atoms with Crippen molar-refractivity contribution in [3.8, 4) is 0 Å². The summed E-state index contributed by atoms with van der Waals surface area (Å²) in [5.41, 5.74) is 1.91. The Hall–Kier alpha value is -2.69. The first-order valence-electron chi connectivity index (χ1n) is 8.43. The molecule has 4 nitrogen and oxygen atoms in total. The smallest absolute Gasteiger partial charge is 0.251 e. The third-order valence-electron chi connectivity index (χ3n) is 4.40. The van der Waals surface area contributed by atoms with Gasteiger partial charge in [-0.3, -0.25) is 9.59 Å². The Morgan fingerprint density at radius 2 is 1.80 bits per heavy atom. The van der Waals surface area contributed by atoms with Gasteiger partial charge >= 0.3 is 0 Å². The summed E-state index contributed by atoms with van der Waals surface area (Å²) < 4.78 is 13.9. The van der Waals surface area contributed by atoms with Crippen LogP contribution < -0.4 is 5.32 Å². The van der Waals surface area contributed by atoms with Crippen LogP contribution in [0.2, 0.25) is 0 Å². The molecule has 1 saturated carbocycles. The molecule has 3 rings (SSSR count). The Labute approximate surface area is 146 Å². The Morgan fingerprint density at radius 1 is 1.12 bits per heavy atom. The molecule has 0 saturated heterocycles. The lowest BCUT2D eigenvalue weighted by molar-refractivity contribution is -0.131. The van der Waals surface area contributed by atoms with Crippen molar-refractivity contribution in [1.29, 1.82) is 0 Å². The summed E-state index contributed by atoms with van der Waals surface area (Å²) in [7, 11) is 0. The van der Waals surface area contributed by atoms with E-state index in [0.29, 0.717) is 11.1 Å². The van der Waals surface area contributed by atoms with Gasteiger partial charge in [0.25, 0.3) is 5.91 Å². The van der Waals surface area contributed by atoms with E-state index in [1.807, 2.05) is 19.1 Å². The number of hydrogen-bond acceptors (Lipinski definition) is 2. The number of nitrogens with one attached hydrogen (secondary N) is 1. The van der Waals surface area contributed by atoms with Crippen molar-refractivity contribution < 1.29 is 14.0 Å². The van der Waals surface area contributed by atoms with Gasteiger partial charge in [-0.05, 0) is 37.5 Å². The van der Waals surface area contributed by atoms with Gasteiger partial charge in [0.15, 0.2) is 0 Å². The molecule has 0 heterocycles.